The molecule has 0 unspecified atom stereocenters. The first-order valence-corrected chi connectivity index (χ1v) is 12.0. The van der Waals surface area contributed by atoms with Crippen LogP contribution in [0.4, 0.5) is 10.5 Å². The Morgan fingerprint density at radius 2 is 1.77 bits per heavy atom. The molecule has 2 heterocycles. The van der Waals surface area contributed by atoms with Crippen molar-refractivity contribution in [3.8, 4) is 0 Å². The number of likely N-dealkylation sites (tertiary alicyclic amines) is 1. The molecule has 1 aliphatic carbocycles. The van der Waals surface area contributed by atoms with E-state index < -0.39 is 17.0 Å². The molecule has 8 heteroatoms. The van der Waals surface area contributed by atoms with Crippen molar-refractivity contribution in [2.24, 2.45) is 5.41 Å². The summed E-state index contributed by atoms with van der Waals surface area (Å²) in [6.45, 7) is 3.82. The van der Waals surface area contributed by atoms with Crippen LogP contribution in [-0.2, 0) is 27.2 Å². The van der Waals surface area contributed by atoms with Crippen molar-refractivity contribution in [2.75, 3.05) is 18.9 Å². The molecule has 5 rings (SSSR count). The smallest absolute Gasteiger partial charge is 0.324 e. The molecule has 2 aliphatic heterocycles. The number of benzene rings is 2. The monoisotopic (exact) mass is 474 g/mol. The number of nitrogens with one attached hydrogen (secondary N) is 2. The van der Waals surface area contributed by atoms with Crippen LogP contribution in [0.2, 0.25) is 0 Å². The number of urea groups is 1. The van der Waals surface area contributed by atoms with E-state index in [9.17, 15) is 19.2 Å². The van der Waals surface area contributed by atoms with E-state index in [0.29, 0.717) is 18.5 Å². The second kappa shape index (κ2) is 8.22. The Bertz CT molecular complexity index is 1220. The highest BCUT2D eigenvalue weighted by Crippen LogP contribution is 2.41. The summed E-state index contributed by atoms with van der Waals surface area (Å²) in [6, 6.07) is 14.9. The molecule has 2 saturated heterocycles. The van der Waals surface area contributed by atoms with Crippen molar-refractivity contribution in [3.63, 3.8) is 0 Å². The van der Waals surface area contributed by atoms with Crippen LogP contribution >= 0.6 is 0 Å². The van der Waals surface area contributed by atoms with E-state index in [1.807, 2.05) is 56.3 Å². The van der Waals surface area contributed by atoms with Gasteiger partial charge >= 0.3 is 6.03 Å². The van der Waals surface area contributed by atoms with Crippen molar-refractivity contribution in [1.29, 1.82) is 0 Å². The van der Waals surface area contributed by atoms with E-state index >= 15 is 0 Å². The zero-order chi connectivity index (χ0) is 25.0. The zero-order valence-corrected chi connectivity index (χ0v) is 20.3. The zero-order valence-electron chi connectivity index (χ0n) is 20.3. The first-order valence-electron chi connectivity index (χ1n) is 12.0. The van der Waals surface area contributed by atoms with Gasteiger partial charge in [0, 0.05) is 31.0 Å². The summed E-state index contributed by atoms with van der Waals surface area (Å²) in [6.07, 6.45) is 2.40. The Morgan fingerprint density at radius 1 is 1.06 bits per heavy atom. The number of hydrogen-bond acceptors (Lipinski definition) is 4. The van der Waals surface area contributed by atoms with Gasteiger partial charge in [-0.15, -0.1) is 0 Å². The Kier molecular flexibility index (Phi) is 5.42. The number of piperidine rings is 1. The van der Waals surface area contributed by atoms with Gasteiger partial charge in [0.1, 0.15) is 12.1 Å². The lowest BCUT2D eigenvalue weighted by atomic mass is 9.78. The van der Waals surface area contributed by atoms with Crippen LogP contribution in [0, 0.1) is 5.41 Å². The van der Waals surface area contributed by atoms with E-state index in [0.717, 1.165) is 29.5 Å². The third-order valence-corrected chi connectivity index (χ3v) is 7.80. The average molecular weight is 475 g/mol. The topological polar surface area (TPSA) is 98.8 Å². The Hall–Kier alpha value is -3.68. The maximum Gasteiger partial charge on any atom is 0.324 e. The maximum atomic E-state index is 13.3. The standard InChI is InChI=1S/C27H30N4O4/c1-26(2)12-11-21(17-7-5-4-6-8-17)31(24(26)34)16-22(32)28-20-10-9-18-14-27(15-19(18)13-20)23(33)29-25(35)30(27)3/h4-10,13,21H,11-12,14-16H2,1-3H3,(H,28,32)(H,29,33,35)/t21-,27+/m0/s1. The highest BCUT2D eigenvalue weighted by atomic mass is 16.2. The molecule has 1 spiro atoms. The SMILES string of the molecule is CN1C(=O)NC(=O)[C@]12Cc1ccc(NC(=O)CN3C(=O)C(C)(C)CC[C@H]3c3ccccc3)cc1C2. The number of imide groups is 1. The van der Waals surface area contributed by atoms with Crippen molar-refractivity contribution < 1.29 is 19.2 Å². The highest BCUT2D eigenvalue weighted by molar-refractivity contribution is 6.07. The Morgan fingerprint density at radius 3 is 2.46 bits per heavy atom. The summed E-state index contributed by atoms with van der Waals surface area (Å²) < 4.78 is 0. The maximum absolute atomic E-state index is 13.3. The number of hydrogen-bond donors (Lipinski definition) is 2. The fourth-order valence-corrected chi connectivity index (χ4v) is 5.62. The third kappa shape index (κ3) is 3.87. The van der Waals surface area contributed by atoms with E-state index in [1.54, 1.807) is 18.0 Å². The molecular formula is C27H30N4O4. The number of amides is 5. The van der Waals surface area contributed by atoms with Crippen molar-refractivity contribution in [3.05, 3.63) is 65.2 Å². The molecule has 2 aromatic carbocycles. The number of carbonyl (C=O) groups excluding carboxylic acids is 4. The molecule has 0 saturated carbocycles. The largest absolute Gasteiger partial charge is 0.326 e. The molecule has 0 radical (unpaired) electrons. The van der Waals surface area contributed by atoms with Crippen LogP contribution in [0.15, 0.2) is 48.5 Å². The minimum Gasteiger partial charge on any atom is -0.326 e. The minimum atomic E-state index is -0.906. The molecule has 2 aromatic rings. The number of likely N-dealkylation sites (N-methyl/N-ethyl adjacent to an activating group) is 1. The summed E-state index contributed by atoms with van der Waals surface area (Å²) >= 11 is 0. The summed E-state index contributed by atoms with van der Waals surface area (Å²) in [5.74, 6) is -0.580. The second-order valence-corrected chi connectivity index (χ2v) is 10.5. The van der Waals surface area contributed by atoms with Gasteiger partial charge in [0.05, 0.1) is 6.04 Å². The van der Waals surface area contributed by atoms with Crippen molar-refractivity contribution >= 4 is 29.4 Å². The van der Waals surface area contributed by atoms with Gasteiger partial charge in [-0.2, -0.15) is 0 Å². The molecule has 0 bridgehead atoms. The lowest BCUT2D eigenvalue weighted by molar-refractivity contribution is -0.150. The minimum absolute atomic E-state index is 0.0244. The molecule has 2 fully saturated rings. The lowest BCUT2D eigenvalue weighted by Crippen LogP contribution is -2.50. The van der Waals surface area contributed by atoms with Gasteiger partial charge in [-0.05, 0) is 41.7 Å². The van der Waals surface area contributed by atoms with Gasteiger partial charge in [0.2, 0.25) is 11.8 Å². The molecule has 5 amide bonds. The molecule has 2 N–H and O–H groups in total. The number of rotatable bonds is 4. The van der Waals surface area contributed by atoms with Gasteiger partial charge < -0.3 is 15.1 Å². The third-order valence-electron chi connectivity index (χ3n) is 7.80. The second-order valence-electron chi connectivity index (χ2n) is 10.5. The van der Waals surface area contributed by atoms with Crippen LogP contribution in [0.25, 0.3) is 0 Å². The normalized spacial score (nSPS) is 25.1. The molecule has 182 valence electrons. The van der Waals surface area contributed by atoms with Gasteiger partial charge in [0.25, 0.3) is 5.91 Å². The number of anilines is 1. The van der Waals surface area contributed by atoms with Crippen LogP contribution in [0.3, 0.4) is 0 Å². The fourth-order valence-electron chi connectivity index (χ4n) is 5.62. The summed E-state index contributed by atoms with van der Waals surface area (Å²) in [7, 11) is 1.63. The average Bonchev–Trinajstić information content (AvgIpc) is 3.30. The predicted molar refractivity (Wildman–Crippen MR) is 130 cm³/mol. The van der Waals surface area contributed by atoms with E-state index in [4.69, 9.17) is 0 Å². The van der Waals surface area contributed by atoms with Crippen molar-refractivity contribution in [2.45, 2.75) is 51.1 Å². The molecule has 3 aliphatic rings. The summed E-state index contributed by atoms with van der Waals surface area (Å²) in [5, 5.41) is 5.33. The van der Waals surface area contributed by atoms with Gasteiger partial charge in [-0.1, -0.05) is 50.2 Å². The van der Waals surface area contributed by atoms with Gasteiger partial charge in [0.15, 0.2) is 0 Å². The van der Waals surface area contributed by atoms with Gasteiger partial charge in [-0.3, -0.25) is 19.7 Å². The van der Waals surface area contributed by atoms with Crippen LogP contribution < -0.4 is 10.6 Å². The van der Waals surface area contributed by atoms with Crippen LogP contribution in [-0.4, -0.2) is 52.7 Å². The van der Waals surface area contributed by atoms with E-state index in [-0.39, 0.29) is 30.3 Å². The van der Waals surface area contributed by atoms with Crippen LogP contribution in [0.5, 0.6) is 0 Å². The Balaban J connectivity index is 1.32. The highest BCUT2D eigenvalue weighted by Gasteiger charge is 2.54. The van der Waals surface area contributed by atoms with Gasteiger partial charge in [-0.25, -0.2) is 4.79 Å². The predicted octanol–water partition coefficient (Wildman–Crippen LogP) is 3.03. The molecule has 8 nitrogen and oxygen atoms in total. The number of nitrogens with zero attached hydrogens (tertiary/aromatic N) is 2. The fraction of sp³-hybridized carbons (Fsp3) is 0.407. The van der Waals surface area contributed by atoms with E-state index in [2.05, 4.69) is 10.6 Å². The first-order chi connectivity index (χ1) is 16.6. The molecule has 2 atom stereocenters. The van der Waals surface area contributed by atoms with Crippen molar-refractivity contribution in [1.82, 2.24) is 15.1 Å². The first kappa shape index (κ1) is 23.1. The molecule has 0 aromatic heterocycles. The number of carbonyl (C=O) groups is 4. The molecule has 35 heavy (non-hydrogen) atoms. The Labute approximate surface area is 204 Å². The summed E-state index contributed by atoms with van der Waals surface area (Å²) in [5.41, 5.74) is 2.13. The summed E-state index contributed by atoms with van der Waals surface area (Å²) in [4.78, 5) is 54.1. The quantitative estimate of drug-likeness (QED) is 0.666. The van der Waals surface area contributed by atoms with Crippen LogP contribution in [0.1, 0.15) is 49.4 Å². The molecular weight excluding hydrogens is 444 g/mol. The number of fused-ring (bicyclic) bond motifs is 1. The lowest BCUT2D eigenvalue weighted by Gasteiger charge is -2.43. The van der Waals surface area contributed by atoms with E-state index in [1.165, 1.54) is 4.90 Å².